The first kappa shape index (κ1) is 17.8. The van der Waals surface area contributed by atoms with Gasteiger partial charge in [-0.1, -0.05) is 24.3 Å². The SMILES string of the molecule is O=C(O)Cc1ccc(-c2ccc(C(F)(F)F)cc2)c(C(F)(F)F)c1. The van der Waals surface area contributed by atoms with Gasteiger partial charge in [0.1, 0.15) is 0 Å². The molecular formula is C16H10F6O2. The molecule has 0 bridgehead atoms. The number of alkyl halides is 6. The lowest BCUT2D eigenvalue weighted by Gasteiger charge is -2.15. The summed E-state index contributed by atoms with van der Waals surface area (Å²) in [7, 11) is 0. The molecular weight excluding hydrogens is 338 g/mol. The zero-order valence-electron chi connectivity index (χ0n) is 11.9. The van der Waals surface area contributed by atoms with E-state index in [4.69, 9.17) is 5.11 Å². The van der Waals surface area contributed by atoms with Crippen molar-refractivity contribution in [1.82, 2.24) is 0 Å². The van der Waals surface area contributed by atoms with E-state index in [9.17, 15) is 31.1 Å². The number of benzene rings is 2. The van der Waals surface area contributed by atoms with Crippen LogP contribution in [0, 0.1) is 0 Å². The molecule has 0 heterocycles. The summed E-state index contributed by atoms with van der Waals surface area (Å²) in [6, 6.07) is 6.25. The first-order chi connectivity index (χ1) is 11.0. The summed E-state index contributed by atoms with van der Waals surface area (Å²) in [5, 5.41) is 8.67. The Bertz CT molecular complexity index is 745. The van der Waals surface area contributed by atoms with Crippen LogP contribution < -0.4 is 0 Å². The van der Waals surface area contributed by atoms with Crippen molar-refractivity contribution in [3.63, 3.8) is 0 Å². The lowest BCUT2D eigenvalue weighted by Crippen LogP contribution is -2.10. The Morgan fingerprint density at radius 1 is 0.875 bits per heavy atom. The number of rotatable bonds is 3. The maximum atomic E-state index is 13.2. The molecule has 0 radical (unpaired) electrons. The molecule has 2 aromatic rings. The zero-order valence-corrected chi connectivity index (χ0v) is 11.9. The van der Waals surface area contributed by atoms with E-state index in [2.05, 4.69) is 0 Å². The molecule has 0 spiro atoms. The molecule has 0 aliphatic rings. The van der Waals surface area contributed by atoms with Gasteiger partial charge < -0.3 is 5.11 Å². The summed E-state index contributed by atoms with van der Waals surface area (Å²) in [6.07, 6.45) is -9.94. The Kier molecular flexibility index (Phi) is 4.59. The predicted octanol–water partition coefficient (Wildman–Crippen LogP) is 5.02. The molecule has 2 nitrogen and oxygen atoms in total. The molecule has 0 amide bonds. The smallest absolute Gasteiger partial charge is 0.417 e. The highest BCUT2D eigenvalue weighted by Gasteiger charge is 2.34. The lowest BCUT2D eigenvalue weighted by atomic mass is 9.95. The first-order valence-corrected chi connectivity index (χ1v) is 6.58. The van der Waals surface area contributed by atoms with Gasteiger partial charge in [-0.15, -0.1) is 0 Å². The highest BCUT2D eigenvalue weighted by molar-refractivity contribution is 5.73. The molecule has 8 heteroatoms. The van der Waals surface area contributed by atoms with Crippen LogP contribution in [0.1, 0.15) is 16.7 Å². The zero-order chi connectivity index (χ0) is 18.1. The molecule has 0 unspecified atom stereocenters. The second-order valence-electron chi connectivity index (χ2n) is 5.02. The number of aliphatic carboxylic acids is 1. The van der Waals surface area contributed by atoms with E-state index in [0.29, 0.717) is 18.2 Å². The Morgan fingerprint density at radius 3 is 1.92 bits per heavy atom. The minimum absolute atomic E-state index is 0.0443. The standard InChI is InChI=1S/C16H10F6O2/c17-15(18,19)11-4-2-10(3-5-11)12-6-1-9(8-14(23)24)7-13(12)16(20,21)22/h1-7H,8H2,(H,23,24). The normalized spacial score (nSPS) is 12.2. The van der Waals surface area contributed by atoms with Crippen molar-refractivity contribution in [1.29, 1.82) is 0 Å². The molecule has 0 atom stereocenters. The van der Waals surface area contributed by atoms with Gasteiger partial charge >= 0.3 is 18.3 Å². The fourth-order valence-corrected chi connectivity index (χ4v) is 2.20. The minimum Gasteiger partial charge on any atom is -0.481 e. The van der Waals surface area contributed by atoms with Crippen molar-refractivity contribution in [3.05, 3.63) is 59.2 Å². The average molecular weight is 348 g/mol. The summed E-state index contributed by atoms with van der Waals surface area (Å²) >= 11 is 0. The first-order valence-electron chi connectivity index (χ1n) is 6.58. The third-order valence-corrected chi connectivity index (χ3v) is 3.27. The van der Waals surface area contributed by atoms with Gasteiger partial charge in [-0.25, -0.2) is 0 Å². The van der Waals surface area contributed by atoms with Gasteiger partial charge in [-0.05, 0) is 34.9 Å². The molecule has 0 aromatic heterocycles. The minimum atomic E-state index is -4.77. The highest BCUT2D eigenvalue weighted by atomic mass is 19.4. The van der Waals surface area contributed by atoms with Gasteiger partial charge in [-0.3, -0.25) is 4.79 Å². The van der Waals surface area contributed by atoms with Crippen LogP contribution in [0.2, 0.25) is 0 Å². The van der Waals surface area contributed by atoms with E-state index in [0.717, 1.165) is 18.2 Å². The Morgan fingerprint density at radius 2 is 1.46 bits per heavy atom. The maximum absolute atomic E-state index is 13.2. The third-order valence-electron chi connectivity index (χ3n) is 3.27. The van der Waals surface area contributed by atoms with Crippen molar-refractivity contribution >= 4 is 5.97 Å². The van der Waals surface area contributed by atoms with Gasteiger partial charge in [0.25, 0.3) is 0 Å². The number of carbonyl (C=O) groups is 1. The van der Waals surface area contributed by atoms with E-state index < -0.39 is 35.9 Å². The van der Waals surface area contributed by atoms with Crippen LogP contribution in [-0.4, -0.2) is 11.1 Å². The van der Waals surface area contributed by atoms with Crippen LogP contribution in [0.25, 0.3) is 11.1 Å². The molecule has 2 rings (SSSR count). The molecule has 2 aromatic carbocycles. The monoisotopic (exact) mass is 348 g/mol. The summed E-state index contributed by atoms with van der Waals surface area (Å²) < 4.78 is 77.2. The van der Waals surface area contributed by atoms with Crippen molar-refractivity contribution in [3.8, 4) is 11.1 Å². The molecule has 0 saturated heterocycles. The Balaban J connectivity index is 2.51. The predicted molar refractivity (Wildman–Crippen MR) is 73.2 cm³/mol. The van der Waals surface area contributed by atoms with Crippen LogP contribution in [0.5, 0.6) is 0 Å². The van der Waals surface area contributed by atoms with Crippen molar-refractivity contribution in [2.45, 2.75) is 18.8 Å². The summed E-state index contributed by atoms with van der Waals surface area (Å²) in [4.78, 5) is 10.6. The molecule has 0 saturated carbocycles. The second kappa shape index (κ2) is 6.18. The van der Waals surface area contributed by atoms with Gasteiger partial charge in [0, 0.05) is 0 Å². The van der Waals surface area contributed by atoms with Crippen molar-refractivity contribution in [2.24, 2.45) is 0 Å². The molecule has 0 aliphatic carbocycles. The number of carboxylic acids is 1. The maximum Gasteiger partial charge on any atom is 0.417 e. The fraction of sp³-hybridized carbons (Fsp3) is 0.188. The van der Waals surface area contributed by atoms with Crippen molar-refractivity contribution in [2.75, 3.05) is 0 Å². The summed E-state index contributed by atoms with van der Waals surface area (Å²) in [5.74, 6) is -1.29. The number of hydrogen-bond donors (Lipinski definition) is 1. The quantitative estimate of drug-likeness (QED) is 0.791. The number of hydrogen-bond acceptors (Lipinski definition) is 1. The van der Waals surface area contributed by atoms with Crippen LogP contribution >= 0.6 is 0 Å². The van der Waals surface area contributed by atoms with Gasteiger partial charge in [0.05, 0.1) is 17.5 Å². The van der Waals surface area contributed by atoms with Crippen LogP contribution in [-0.2, 0) is 23.6 Å². The van der Waals surface area contributed by atoms with E-state index >= 15 is 0 Å². The van der Waals surface area contributed by atoms with Gasteiger partial charge in [0.2, 0.25) is 0 Å². The van der Waals surface area contributed by atoms with Crippen LogP contribution in [0.15, 0.2) is 42.5 Å². The second-order valence-corrected chi connectivity index (χ2v) is 5.02. The van der Waals surface area contributed by atoms with Crippen LogP contribution in [0.4, 0.5) is 26.3 Å². The molecule has 0 aliphatic heterocycles. The molecule has 128 valence electrons. The van der Waals surface area contributed by atoms with E-state index in [1.165, 1.54) is 6.07 Å². The summed E-state index contributed by atoms with van der Waals surface area (Å²) in [6.45, 7) is 0. The Labute approximate surface area is 132 Å². The Hall–Kier alpha value is -2.51. The van der Waals surface area contributed by atoms with Crippen molar-refractivity contribution < 1.29 is 36.2 Å². The van der Waals surface area contributed by atoms with E-state index in [1.807, 2.05) is 0 Å². The topological polar surface area (TPSA) is 37.3 Å². The molecule has 0 fully saturated rings. The van der Waals surface area contributed by atoms with E-state index in [1.54, 1.807) is 0 Å². The fourth-order valence-electron chi connectivity index (χ4n) is 2.20. The molecule has 24 heavy (non-hydrogen) atoms. The number of halogens is 6. The lowest BCUT2D eigenvalue weighted by molar-refractivity contribution is -0.138. The summed E-state index contributed by atoms with van der Waals surface area (Å²) in [5.41, 5.74) is -2.48. The van der Waals surface area contributed by atoms with Gasteiger partial charge in [0.15, 0.2) is 0 Å². The largest absolute Gasteiger partial charge is 0.481 e. The average Bonchev–Trinajstić information content (AvgIpc) is 2.45. The number of carboxylic acid groups (broad SMARTS) is 1. The van der Waals surface area contributed by atoms with Gasteiger partial charge in [-0.2, -0.15) is 26.3 Å². The van der Waals surface area contributed by atoms with E-state index in [-0.39, 0.29) is 16.7 Å². The highest BCUT2D eigenvalue weighted by Crippen LogP contribution is 2.38. The van der Waals surface area contributed by atoms with Crippen LogP contribution in [0.3, 0.4) is 0 Å². The third kappa shape index (κ3) is 4.06. The molecule has 1 N–H and O–H groups in total.